The van der Waals surface area contributed by atoms with Gasteiger partial charge in [0.15, 0.2) is 5.76 Å². The first-order valence-electron chi connectivity index (χ1n) is 8.46. The lowest BCUT2D eigenvalue weighted by atomic mass is 10.1. The van der Waals surface area contributed by atoms with Gasteiger partial charge in [-0.3, -0.25) is 4.79 Å². The molecule has 0 saturated carbocycles. The monoisotopic (exact) mass is 366 g/mol. The number of amides is 1. The van der Waals surface area contributed by atoms with Crippen LogP contribution in [0.2, 0.25) is 0 Å². The van der Waals surface area contributed by atoms with E-state index in [4.69, 9.17) is 4.42 Å². The number of hydrogen-bond donors (Lipinski definition) is 1. The zero-order valence-corrected chi connectivity index (χ0v) is 16.2. The van der Waals surface area contributed by atoms with Gasteiger partial charge in [0, 0.05) is 11.3 Å². The molecule has 3 rings (SSSR count). The third kappa shape index (κ3) is 4.35. The van der Waals surface area contributed by atoms with Crippen molar-refractivity contribution in [2.45, 2.75) is 32.9 Å². The molecule has 1 amide bonds. The van der Waals surface area contributed by atoms with Crippen LogP contribution in [0.1, 0.15) is 22.3 Å². The number of benzene rings is 2. The average Bonchev–Trinajstić information content (AvgIpc) is 3.08. The highest BCUT2D eigenvalue weighted by molar-refractivity contribution is 7.99. The molecule has 3 aromatic rings. The summed E-state index contributed by atoms with van der Waals surface area (Å²) in [6.45, 7) is 8.23. The van der Waals surface area contributed by atoms with Crippen LogP contribution < -0.4 is 5.32 Å². The van der Waals surface area contributed by atoms with E-state index in [2.05, 4.69) is 36.3 Å². The number of nitrogens with one attached hydrogen (secondary N) is 1. The number of hydrogen-bond acceptors (Lipinski definition) is 4. The molecule has 0 bridgehead atoms. The number of oxazole rings is 1. The maximum absolute atomic E-state index is 12.1. The van der Waals surface area contributed by atoms with Crippen LogP contribution in [0.5, 0.6) is 0 Å². The largest absolute Gasteiger partial charge is 0.431 e. The van der Waals surface area contributed by atoms with E-state index in [1.165, 1.54) is 28.5 Å². The lowest BCUT2D eigenvalue weighted by molar-refractivity contribution is -0.113. The van der Waals surface area contributed by atoms with Gasteiger partial charge in [0.05, 0.1) is 11.9 Å². The summed E-state index contributed by atoms with van der Waals surface area (Å²) < 4.78 is 5.77. The highest BCUT2D eigenvalue weighted by Gasteiger charge is 2.11. The molecule has 0 aliphatic carbocycles. The second-order valence-corrected chi connectivity index (χ2v) is 7.35. The van der Waals surface area contributed by atoms with Gasteiger partial charge in [0.2, 0.25) is 5.91 Å². The summed E-state index contributed by atoms with van der Waals surface area (Å²) in [6, 6.07) is 12.0. The van der Waals surface area contributed by atoms with Gasteiger partial charge in [0.25, 0.3) is 5.22 Å². The molecule has 0 atom stereocenters. The van der Waals surface area contributed by atoms with Crippen LogP contribution in [0.3, 0.4) is 0 Å². The number of aromatic nitrogens is 1. The molecule has 0 aliphatic rings. The smallest absolute Gasteiger partial charge is 0.256 e. The second kappa shape index (κ2) is 7.79. The molecule has 134 valence electrons. The van der Waals surface area contributed by atoms with Crippen molar-refractivity contribution in [2.75, 3.05) is 11.1 Å². The van der Waals surface area contributed by atoms with E-state index in [1.807, 2.05) is 38.1 Å². The summed E-state index contributed by atoms with van der Waals surface area (Å²) in [4.78, 5) is 16.4. The van der Waals surface area contributed by atoms with Crippen molar-refractivity contribution < 1.29 is 9.21 Å². The summed E-state index contributed by atoms with van der Waals surface area (Å²) in [5, 5.41) is 3.40. The summed E-state index contributed by atoms with van der Waals surface area (Å²) in [6.07, 6.45) is 1.70. The Hall–Kier alpha value is -2.53. The molecule has 1 N–H and O–H groups in total. The van der Waals surface area contributed by atoms with Crippen LogP contribution in [-0.2, 0) is 4.79 Å². The van der Waals surface area contributed by atoms with Gasteiger partial charge in [-0.05, 0) is 68.1 Å². The lowest BCUT2D eigenvalue weighted by Crippen LogP contribution is -2.14. The van der Waals surface area contributed by atoms with Crippen LogP contribution in [-0.4, -0.2) is 16.6 Å². The number of carbonyl (C=O) groups is 1. The van der Waals surface area contributed by atoms with Crippen LogP contribution in [0.15, 0.2) is 52.2 Å². The Bertz CT molecular complexity index is 947. The molecule has 0 aliphatic heterocycles. The normalized spacial score (nSPS) is 10.8. The molecule has 1 heterocycles. The first-order valence-corrected chi connectivity index (χ1v) is 9.44. The molecule has 0 radical (unpaired) electrons. The van der Waals surface area contributed by atoms with E-state index in [1.54, 1.807) is 6.20 Å². The van der Waals surface area contributed by atoms with Crippen LogP contribution in [0, 0.1) is 27.7 Å². The fraction of sp³-hybridized carbons (Fsp3) is 0.238. The lowest BCUT2D eigenvalue weighted by Gasteiger charge is -2.06. The zero-order chi connectivity index (χ0) is 18.7. The van der Waals surface area contributed by atoms with Gasteiger partial charge in [-0.25, -0.2) is 4.98 Å². The number of aryl methyl sites for hydroxylation is 4. The van der Waals surface area contributed by atoms with Gasteiger partial charge in [-0.1, -0.05) is 30.0 Å². The van der Waals surface area contributed by atoms with E-state index < -0.39 is 0 Å². The molecule has 0 unspecified atom stereocenters. The number of rotatable bonds is 5. The molecule has 2 aromatic carbocycles. The van der Waals surface area contributed by atoms with E-state index in [-0.39, 0.29) is 11.7 Å². The Balaban J connectivity index is 1.59. The van der Waals surface area contributed by atoms with Gasteiger partial charge < -0.3 is 9.73 Å². The van der Waals surface area contributed by atoms with E-state index >= 15 is 0 Å². The molecular formula is C21H22N2O2S. The predicted octanol–water partition coefficient (Wildman–Crippen LogP) is 5.31. The average molecular weight is 366 g/mol. The fourth-order valence-electron chi connectivity index (χ4n) is 2.50. The Morgan fingerprint density at radius 2 is 1.69 bits per heavy atom. The van der Waals surface area contributed by atoms with Crippen molar-refractivity contribution in [3.05, 3.63) is 64.8 Å². The molecule has 0 spiro atoms. The molecule has 26 heavy (non-hydrogen) atoms. The summed E-state index contributed by atoms with van der Waals surface area (Å²) in [5.74, 6) is 0.883. The van der Waals surface area contributed by atoms with Crippen molar-refractivity contribution in [3.63, 3.8) is 0 Å². The Morgan fingerprint density at radius 1 is 1.00 bits per heavy atom. The van der Waals surface area contributed by atoms with Crippen LogP contribution >= 0.6 is 11.8 Å². The zero-order valence-electron chi connectivity index (χ0n) is 15.4. The standard InChI is InChI=1S/C21H22N2O2S/c1-13-5-7-17(9-15(13)3)19-11-22-21(25-19)26-12-20(24)23-18-8-6-14(2)16(4)10-18/h5-11H,12H2,1-4H3,(H,23,24). The van der Waals surface area contributed by atoms with Gasteiger partial charge in [-0.15, -0.1) is 0 Å². The Labute approximate surface area is 158 Å². The van der Waals surface area contributed by atoms with Crippen molar-refractivity contribution in [2.24, 2.45) is 0 Å². The molecule has 0 fully saturated rings. The number of nitrogens with zero attached hydrogens (tertiary/aromatic N) is 1. The van der Waals surface area contributed by atoms with Crippen molar-refractivity contribution >= 4 is 23.4 Å². The van der Waals surface area contributed by atoms with Crippen LogP contribution in [0.25, 0.3) is 11.3 Å². The maximum Gasteiger partial charge on any atom is 0.256 e. The summed E-state index contributed by atoms with van der Waals surface area (Å²) in [7, 11) is 0. The minimum absolute atomic E-state index is 0.0795. The Morgan fingerprint density at radius 3 is 2.38 bits per heavy atom. The quantitative estimate of drug-likeness (QED) is 0.622. The van der Waals surface area contributed by atoms with Crippen molar-refractivity contribution in [1.82, 2.24) is 4.98 Å². The molecule has 0 saturated heterocycles. The number of carbonyl (C=O) groups excluding carboxylic acids is 1. The third-order valence-electron chi connectivity index (χ3n) is 4.39. The summed E-state index contributed by atoms with van der Waals surface area (Å²) in [5.41, 5.74) is 6.61. The van der Waals surface area contributed by atoms with Gasteiger partial charge >= 0.3 is 0 Å². The molecule has 1 aromatic heterocycles. The minimum atomic E-state index is -0.0795. The van der Waals surface area contributed by atoms with Gasteiger partial charge in [0.1, 0.15) is 0 Å². The van der Waals surface area contributed by atoms with Crippen LogP contribution in [0.4, 0.5) is 5.69 Å². The number of thioether (sulfide) groups is 1. The van der Waals surface area contributed by atoms with E-state index in [0.717, 1.165) is 16.8 Å². The molecule has 5 heteroatoms. The maximum atomic E-state index is 12.1. The fourth-order valence-corrected chi connectivity index (χ4v) is 3.10. The SMILES string of the molecule is Cc1ccc(NC(=O)CSc2ncc(-c3ccc(C)c(C)c3)o2)cc1C. The number of anilines is 1. The van der Waals surface area contributed by atoms with Crippen molar-refractivity contribution in [3.8, 4) is 11.3 Å². The molecular weight excluding hydrogens is 344 g/mol. The first kappa shape index (κ1) is 18.3. The second-order valence-electron chi connectivity index (χ2n) is 6.43. The highest BCUT2D eigenvalue weighted by atomic mass is 32.2. The van der Waals surface area contributed by atoms with Crippen molar-refractivity contribution in [1.29, 1.82) is 0 Å². The molecule has 4 nitrogen and oxygen atoms in total. The third-order valence-corrected chi connectivity index (χ3v) is 5.24. The highest BCUT2D eigenvalue weighted by Crippen LogP contribution is 2.27. The first-order chi connectivity index (χ1) is 12.4. The van der Waals surface area contributed by atoms with E-state index in [0.29, 0.717) is 11.0 Å². The van der Waals surface area contributed by atoms with E-state index in [9.17, 15) is 4.79 Å². The Kier molecular flexibility index (Phi) is 5.47. The predicted molar refractivity (Wildman–Crippen MR) is 107 cm³/mol. The van der Waals surface area contributed by atoms with Gasteiger partial charge in [-0.2, -0.15) is 0 Å². The topological polar surface area (TPSA) is 55.1 Å². The summed E-state index contributed by atoms with van der Waals surface area (Å²) >= 11 is 1.29. The minimum Gasteiger partial charge on any atom is -0.431 e.